The van der Waals surface area contributed by atoms with Gasteiger partial charge in [-0.3, -0.25) is 4.79 Å². The molecule has 0 saturated carbocycles. The summed E-state index contributed by atoms with van der Waals surface area (Å²) in [7, 11) is 0. The Morgan fingerprint density at radius 1 is 1.46 bits per heavy atom. The molecule has 0 spiro atoms. The van der Waals surface area contributed by atoms with Gasteiger partial charge in [0.05, 0.1) is 6.10 Å². The van der Waals surface area contributed by atoms with Crippen LogP contribution in [-0.4, -0.2) is 11.6 Å². The van der Waals surface area contributed by atoms with E-state index in [9.17, 15) is 4.79 Å². The summed E-state index contributed by atoms with van der Waals surface area (Å²) < 4.78 is 5.52. The highest BCUT2D eigenvalue weighted by atomic mass is 16.5. The van der Waals surface area contributed by atoms with E-state index >= 15 is 0 Å². The Morgan fingerprint density at radius 2 is 2.38 bits per heavy atom. The summed E-state index contributed by atoms with van der Waals surface area (Å²) in [4.78, 5) is 14.0. The van der Waals surface area contributed by atoms with E-state index in [1.165, 1.54) is 0 Å². The molecule has 3 heteroatoms. The van der Waals surface area contributed by atoms with Crippen molar-refractivity contribution < 1.29 is 4.74 Å². The molecule has 1 unspecified atom stereocenters. The molecule has 13 heavy (non-hydrogen) atoms. The van der Waals surface area contributed by atoms with Crippen molar-refractivity contribution in [2.45, 2.75) is 25.4 Å². The Balaban J connectivity index is 2.24. The van der Waals surface area contributed by atoms with Gasteiger partial charge in [-0.25, -0.2) is 0 Å². The number of hydrogen-bond donors (Lipinski definition) is 1. The van der Waals surface area contributed by atoms with Crippen LogP contribution in [0.5, 0.6) is 0 Å². The first-order valence-electron chi connectivity index (χ1n) is 4.67. The number of aromatic amines is 1. The van der Waals surface area contributed by atoms with Crippen LogP contribution in [0.15, 0.2) is 23.1 Å². The molecule has 0 bridgehead atoms. The van der Waals surface area contributed by atoms with Gasteiger partial charge in [-0.05, 0) is 31.4 Å². The summed E-state index contributed by atoms with van der Waals surface area (Å²) in [5.41, 5.74) is 0.747. The van der Waals surface area contributed by atoms with Crippen LogP contribution in [0.1, 0.15) is 30.9 Å². The van der Waals surface area contributed by atoms with E-state index in [2.05, 4.69) is 4.98 Å². The number of aromatic nitrogens is 1. The van der Waals surface area contributed by atoms with Crippen LogP contribution < -0.4 is 5.56 Å². The summed E-state index contributed by atoms with van der Waals surface area (Å²) in [5, 5.41) is 0. The third-order valence-electron chi connectivity index (χ3n) is 2.38. The number of pyridine rings is 1. The number of ether oxygens (including phenoxy) is 1. The van der Waals surface area contributed by atoms with Crippen molar-refractivity contribution in [2.75, 3.05) is 6.61 Å². The molecule has 0 aliphatic carbocycles. The second kappa shape index (κ2) is 3.75. The number of hydrogen-bond acceptors (Lipinski definition) is 2. The van der Waals surface area contributed by atoms with Gasteiger partial charge in [0.25, 0.3) is 5.56 Å². The van der Waals surface area contributed by atoms with Gasteiger partial charge in [0.15, 0.2) is 0 Å². The average molecular weight is 179 g/mol. The standard InChI is InChI=1S/C10H13NO2/c12-10-8(4-3-6-11-10)9-5-1-2-7-13-9/h3-4,6,9H,1-2,5,7H2,(H,11,12). The molecule has 1 aromatic rings. The average Bonchev–Trinajstić information content (AvgIpc) is 2.20. The molecular weight excluding hydrogens is 166 g/mol. The minimum atomic E-state index is -0.0191. The van der Waals surface area contributed by atoms with Crippen molar-refractivity contribution in [3.63, 3.8) is 0 Å². The van der Waals surface area contributed by atoms with Gasteiger partial charge in [-0.2, -0.15) is 0 Å². The van der Waals surface area contributed by atoms with E-state index in [1.54, 1.807) is 6.20 Å². The van der Waals surface area contributed by atoms with Crippen molar-refractivity contribution in [2.24, 2.45) is 0 Å². The van der Waals surface area contributed by atoms with Crippen molar-refractivity contribution in [1.82, 2.24) is 4.98 Å². The maximum absolute atomic E-state index is 11.4. The Morgan fingerprint density at radius 3 is 3.08 bits per heavy atom. The highest BCUT2D eigenvalue weighted by Crippen LogP contribution is 2.24. The summed E-state index contributed by atoms with van der Waals surface area (Å²) in [6, 6.07) is 3.68. The van der Waals surface area contributed by atoms with Gasteiger partial charge in [-0.1, -0.05) is 0 Å². The van der Waals surface area contributed by atoms with E-state index in [0.29, 0.717) is 0 Å². The molecule has 3 nitrogen and oxygen atoms in total. The zero-order valence-corrected chi connectivity index (χ0v) is 7.45. The second-order valence-electron chi connectivity index (χ2n) is 3.31. The highest BCUT2D eigenvalue weighted by Gasteiger charge is 2.17. The number of nitrogens with one attached hydrogen (secondary N) is 1. The Hall–Kier alpha value is -1.09. The normalized spacial score (nSPS) is 22.9. The second-order valence-corrected chi connectivity index (χ2v) is 3.31. The first-order valence-corrected chi connectivity index (χ1v) is 4.67. The van der Waals surface area contributed by atoms with Crippen molar-refractivity contribution in [3.8, 4) is 0 Å². The minimum absolute atomic E-state index is 0.0127. The summed E-state index contributed by atoms with van der Waals surface area (Å²) in [6.07, 6.45) is 4.89. The van der Waals surface area contributed by atoms with E-state index in [4.69, 9.17) is 4.74 Å². The quantitative estimate of drug-likeness (QED) is 0.711. The third kappa shape index (κ3) is 1.80. The highest BCUT2D eigenvalue weighted by molar-refractivity contribution is 5.12. The molecule has 1 saturated heterocycles. The van der Waals surface area contributed by atoms with Crippen molar-refractivity contribution >= 4 is 0 Å². The first kappa shape index (κ1) is 8.51. The molecule has 1 fully saturated rings. The molecule has 0 amide bonds. The van der Waals surface area contributed by atoms with Gasteiger partial charge in [0.2, 0.25) is 0 Å². The van der Waals surface area contributed by atoms with Crippen LogP contribution in [0.3, 0.4) is 0 Å². The Kier molecular flexibility index (Phi) is 2.45. The largest absolute Gasteiger partial charge is 0.373 e. The van der Waals surface area contributed by atoms with Crippen LogP contribution in [0.4, 0.5) is 0 Å². The lowest BCUT2D eigenvalue weighted by Crippen LogP contribution is -2.20. The molecule has 1 atom stereocenters. The van der Waals surface area contributed by atoms with Gasteiger partial charge < -0.3 is 9.72 Å². The molecule has 1 N–H and O–H groups in total. The summed E-state index contributed by atoms with van der Waals surface area (Å²) >= 11 is 0. The van der Waals surface area contributed by atoms with Crippen LogP contribution in [0, 0.1) is 0 Å². The van der Waals surface area contributed by atoms with Crippen LogP contribution in [0.25, 0.3) is 0 Å². The molecular formula is C10H13NO2. The molecule has 1 aliphatic heterocycles. The van der Waals surface area contributed by atoms with Crippen molar-refractivity contribution in [3.05, 3.63) is 34.2 Å². The Labute approximate surface area is 76.7 Å². The van der Waals surface area contributed by atoms with Gasteiger partial charge in [-0.15, -0.1) is 0 Å². The van der Waals surface area contributed by atoms with Gasteiger partial charge >= 0.3 is 0 Å². The lowest BCUT2D eigenvalue weighted by molar-refractivity contribution is 0.0141. The molecule has 1 aliphatic rings. The topological polar surface area (TPSA) is 42.1 Å². The molecule has 70 valence electrons. The van der Waals surface area contributed by atoms with Gasteiger partial charge in [0, 0.05) is 18.4 Å². The lowest BCUT2D eigenvalue weighted by atomic mass is 10.0. The third-order valence-corrected chi connectivity index (χ3v) is 2.38. The lowest BCUT2D eigenvalue weighted by Gasteiger charge is -2.21. The maximum atomic E-state index is 11.4. The fourth-order valence-electron chi connectivity index (χ4n) is 1.67. The SMILES string of the molecule is O=c1[nH]cccc1C1CCCCO1. The first-order chi connectivity index (χ1) is 6.38. The predicted molar refractivity (Wildman–Crippen MR) is 49.6 cm³/mol. The van der Waals surface area contributed by atoms with Crippen molar-refractivity contribution in [1.29, 1.82) is 0 Å². The maximum Gasteiger partial charge on any atom is 0.253 e. The minimum Gasteiger partial charge on any atom is -0.373 e. The smallest absolute Gasteiger partial charge is 0.253 e. The van der Waals surface area contributed by atoms with E-state index in [-0.39, 0.29) is 11.7 Å². The summed E-state index contributed by atoms with van der Waals surface area (Å²) in [6.45, 7) is 0.777. The number of rotatable bonds is 1. The zero-order valence-electron chi connectivity index (χ0n) is 7.45. The molecule has 1 aromatic heterocycles. The molecule has 2 heterocycles. The van der Waals surface area contributed by atoms with Crippen LogP contribution >= 0.6 is 0 Å². The molecule has 2 rings (SSSR count). The van der Waals surface area contributed by atoms with Gasteiger partial charge in [0.1, 0.15) is 0 Å². The zero-order chi connectivity index (χ0) is 9.10. The van der Waals surface area contributed by atoms with Crippen LogP contribution in [0.2, 0.25) is 0 Å². The van der Waals surface area contributed by atoms with E-state index < -0.39 is 0 Å². The fourth-order valence-corrected chi connectivity index (χ4v) is 1.67. The molecule has 0 radical (unpaired) electrons. The van der Waals surface area contributed by atoms with E-state index in [0.717, 1.165) is 31.4 Å². The van der Waals surface area contributed by atoms with Crippen LogP contribution in [-0.2, 0) is 4.74 Å². The predicted octanol–water partition coefficient (Wildman–Crippen LogP) is 1.62. The summed E-state index contributed by atoms with van der Waals surface area (Å²) in [5.74, 6) is 0. The Bertz CT molecular complexity index is 326. The molecule has 0 aromatic carbocycles. The van der Waals surface area contributed by atoms with E-state index in [1.807, 2.05) is 12.1 Å². The monoisotopic (exact) mass is 179 g/mol. The fraction of sp³-hybridized carbons (Fsp3) is 0.500. The number of H-pyrrole nitrogens is 1.